The molecular weight excluding hydrogens is 406 g/mol. The standard InChI is InChI=1S/C21H16BrN3O2/c1-2-20-24-18-9-8-14(22)11-16(18)21(27)25(20)23-12-17-15-6-4-3-5-13(15)7-10-19(17)26/h3-12,26H,2H2,1H3. The molecule has 5 nitrogen and oxygen atoms in total. The van der Waals surface area contributed by atoms with Crippen molar-refractivity contribution in [1.82, 2.24) is 9.66 Å². The number of fused-ring (bicyclic) bond motifs is 2. The van der Waals surface area contributed by atoms with Crippen LogP contribution in [0.4, 0.5) is 0 Å². The van der Waals surface area contributed by atoms with E-state index in [-0.39, 0.29) is 11.3 Å². The van der Waals surface area contributed by atoms with E-state index < -0.39 is 0 Å². The number of aromatic nitrogens is 2. The highest BCUT2D eigenvalue weighted by atomic mass is 79.9. The number of hydrogen-bond donors (Lipinski definition) is 1. The summed E-state index contributed by atoms with van der Waals surface area (Å²) in [4.78, 5) is 17.5. The van der Waals surface area contributed by atoms with Crippen LogP contribution in [-0.2, 0) is 6.42 Å². The molecule has 0 amide bonds. The number of aryl methyl sites for hydroxylation is 1. The Bertz CT molecular complexity index is 1260. The van der Waals surface area contributed by atoms with Crippen molar-refractivity contribution in [3.05, 3.63) is 80.8 Å². The molecule has 3 aromatic carbocycles. The van der Waals surface area contributed by atoms with Gasteiger partial charge in [0.1, 0.15) is 11.6 Å². The van der Waals surface area contributed by atoms with Gasteiger partial charge in [0.15, 0.2) is 0 Å². The molecule has 6 heteroatoms. The molecule has 0 aliphatic heterocycles. The van der Waals surface area contributed by atoms with E-state index in [1.807, 2.05) is 49.4 Å². The SMILES string of the molecule is CCc1nc2ccc(Br)cc2c(=O)n1N=Cc1c(O)ccc2ccccc12. The molecule has 27 heavy (non-hydrogen) atoms. The van der Waals surface area contributed by atoms with Gasteiger partial charge in [0.2, 0.25) is 0 Å². The molecule has 1 heterocycles. The van der Waals surface area contributed by atoms with Crippen molar-refractivity contribution >= 4 is 43.8 Å². The summed E-state index contributed by atoms with van der Waals surface area (Å²) >= 11 is 3.39. The number of nitrogens with zero attached hydrogens (tertiary/aromatic N) is 3. The number of phenols is 1. The Morgan fingerprint density at radius 3 is 2.78 bits per heavy atom. The Morgan fingerprint density at radius 1 is 1.15 bits per heavy atom. The lowest BCUT2D eigenvalue weighted by Gasteiger charge is -2.09. The fraction of sp³-hybridized carbons (Fsp3) is 0.0952. The highest BCUT2D eigenvalue weighted by molar-refractivity contribution is 9.10. The minimum Gasteiger partial charge on any atom is -0.507 e. The summed E-state index contributed by atoms with van der Waals surface area (Å²) in [5.74, 6) is 0.672. The molecule has 0 bridgehead atoms. The second kappa shape index (κ2) is 6.96. The van der Waals surface area contributed by atoms with Crippen LogP contribution in [-0.4, -0.2) is 21.0 Å². The van der Waals surface area contributed by atoms with Crippen LogP contribution < -0.4 is 5.56 Å². The lowest BCUT2D eigenvalue weighted by atomic mass is 10.0. The Kier molecular flexibility index (Phi) is 4.49. The second-order valence-corrected chi connectivity index (χ2v) is 7.04. The minimum absolute atomic E-state index is 0.111. The van der Waals surface area contributed by atoms with Crippen LogP contribution in [0.25, 0.3) is 21.7 Å². The molecule has 0 spiro atoms. The van der Waals surface area contributed by atoms with Crippen molar-refractivity contribution < 1.29 is 5.11 Å². The molecule has 1 N–H and O–H groups in total. The summed E-state index contributed by atoms with van der Waals surface area (Å²) in [7, 11) is 0. The van der Waals surface area contributed by atoms with Gasteiger partial charge in [0.25, 0.3) is 5.56 Å². The van der Waals surface area contributed by atoms with Crippen LogP contribution in [0.2, 0.25) is 0 Å². The van der Waals surface area contributed by atoms with Crippen molar-refractivity contribution in [2.75, 3.05) is 0 Å². The molecule has 0 saturated carbocycles. The number of halogens is 1. The van der Waals surface area contributed by atoms with Gasteiger partial charge in [-0.15, -0.1) is 0 Å². The Morgan fingerprint density at radius 2 is 1.96 bits per heavy atom. The molecule has 0 unspecified atom stereocenters. The number of hydrogen-bond acceptors (Lipinski definition) is 4. The first kappa shape index (κ1) is 17.4. The summed E-state index contributed by atoms with van der Waals surface area (Å²) in [5, 5.41) is 17.0. The summed E-state index contributed by atoms with van der Waals surface area (Å²) in [6.07, 6.45) is 2.07. The van der Waals surface area contributed by atoms with Crippen LogP contribution in [0, 0.1) is 0 Å². The minimum atomic E-state index is -0.242. The van der Waals surface area contributed by atoms with E-state index in [1.54, 1.807) is 12.1 Å². The van der Waals surface area contributed by atoms with Crippen LogP contribution in [0.5, 0.6) is 5.75 Å². The highest BCUT2D eigenvalue weighted by Crippen LogP contribution is 2.25. The normalized spacial score (nSPS) is 11.6. The average molecular weight is 422 g/mol. The Balaban J connectivity index is 1.93. The predicted octanol–water partition coefficient (Wildman–Crippen LogP) is 4.46. The van der Waals surface area contributed by atoms with E-state index in [2.05, 4.69) is 26.0 Å². The molecule has 0 aliphatic carbocycles. The van der Waals surface area contributed by atoms with E-state index in [4.69, 9.17) is 0 Å². The molecular formula is C21H16BrN3O2. The number of rotatable bonds is 3. The topological polar surface area (TPSA) is 67.5 Å². The summed E-state index contributed by atoms with van der Waals surface area (Å²) < 4.78 is 2.11. The Hall–Kier alpha value is -2.99. The summed E-state index contributed by atoms with van der Waals surface area (Å²) in [6, 6.07) is 16.6. The predicted molar refractivity (Wildman–Crippen MR) is 112 cm³/mol. The third kappa shape index (κ3) is 3.13. The van der Waals surface area contributed by atoms with E-state index in [1.165, 1.54) is 10.9 Å². The zero-order valence-corrected chi connectivity index (χ0v) is 16.1. The van der Waals surface area contributed by atoms with Gasteiger partial charge in [-0.1, -0.05) is 53.2 Å². The highest BCUT2D eigenvalue weighted by Gasteiger charge is 2.10. The molecule has 0 aliphatic rings. The molecule has 0 atom stereocenters. The van der Waals surface area contributed by atoms with Crippen molar-refractivity contribution in [3.63, 3.8) is 0 Å². The molecule has 1 aromatic heterocycles. The Labute approximate surface area is 163 Å². The zero-order chi connectivity index (χ0) is 19.0. The van der Waals surface area contributed by atoms with Gasteiger partial charge < -0.3 is 5.11 Å². The maximum Gasteiger partial charge on any atom is 0.282 e. The third-order valence-corrected chi connectivity index (χ3v) is 4.93. The van der Waals surface area contributed by atoms with Gasteiger partial charge in [-0.25, -0.2) is 4.98 Å². The van der Waals surface area contributed by atoms with E-state index in [0.717, 1.165) is 15.2 Å². The fourth-order valence-electron chi connectivity index (χ4n) is 3.08. The van der Waals surface area contributed by atoms with Crippen LogP contribution in [0.1, 0.15) is 18.3 Å². The van der Waals surface area contributed by atoms with Crippen molar-refractivity contribution in [2.24, 2.45) is 5.10 Å². The smallest absolute Gasteiger partial charge is 0.282 e. The first-order valence-electron chi connectivity index (χ1n) is 8.54. The van der Waals surface area contributed by atoms with Gasteiger partial charge in [-0.05, 0) is 35.0 Å². The van der Waals surface area contributed by atoms with Crippen molar-refractivity contribution in [1.29, 1.82) is 0 Å². The van der Waals surface area contributed by atoms with E-state index >= 15 is 0 Å². The van der Waals surface area contributed by atoms with Gasteiger partial charge in [0, 0.05) is 16.5 Å². The third-order valence-electron chi connectivity index (χ3n) is 4.44. The molecule has 134 valence electrons. The second-order valence-electron chi connectivity index (χ2n) is 6.12. The largest absolute Gasteiger partial charge is 0.507 e. The summed E-state index contributed by atoms with van der Waals surface area (Å²) in [5.41, 5.74) is 0.963. The fourth-order valence-corrected chi connectivity index (χ4v) is 3.44. The quantitative estimate of drug-likeness (QED) is 0.496. The van der Waals surface area contributed by atoms with Crippen LogP contribution >= 0.6 is 15.9 Å². The first-order valence-corrected chi connectivity index (χ1v) is 9.34. The van der Waals surface area contributed by atoms with Gasteiger partial charge in [-0.2, -0.15) is 9.78 Å². The lowest BCUT2D eigenvalue weighted by molar-refractivity contribution is 0.475. The number of phenolic OH excluding ortho intramolecular Hbond substituents is 1. The van der Waals surface area contributed by atoms with Crippen molar-refractivity contribution in [2.45, 2.75) is 13.3 Å². The molecule has 0 radical (unpaired) electrons. The van der Waals surface area contributed by atoms with Crippen LogP contribution in [0.3, 0.4) is 0 Å². The van der Waals surface area contributed by atoms with Gasteiger partial charge in [0.05, 0.1) is 17.1 Å². The van der Waals surface area contributed by atoms with E-state index in [0.29, 0.717) is 28.7 Å². The summed E-state index contributed by atoms with van der Waals surface area (Å²) in [6.45, 7) is 1.92. The number of aromatic hydroxyl groups is 1. The van der Waals surface area contributed by atoms with Gasteiger partial charge in [-0.3, -0.25) is 4.79 Å². The maximum absolute atomic E-state index is 13.0. The molecule has 4 aromatic rings. The average Bonchev–Trinajstić information content (AvgIpc) is 2.68. The molecule has 0 fully saturated rings. The first-order chi connectivity index (χ1) is 13.1. The van der Waals surface area contributed by atoms with Crippen molar-refractivity contribution in [3.8, 4) is 5.75 Å². The lowest BCUT2D eigenvalue weighted by Crippen LogP contribution is -2.22. The molecule has 0 saturated heterocycles. The van der Waals surface area contributed by atoms with E-state index in [9.17, 15) is 9.90 Å². The number of benzene rings is 3. The van der Waals surface area contributed by atoms with Crippen LogP contribution in [0.15, 0.2) is 69.0 Å². The van der Waals surface area contributed by atoms with Gasteiger partial charge >= 0.3 is 0 Å². The maximum atomic E-state index is 13.0. The molecule has 4 rings (SSSR count). The monoisotopic (exact) mass is 421 g/mol. The zero-order valence-electron chi connectivity index (χ0n) is 14.6.